The molecule has 0 spiro atoms. The number of pyridine rings is 1. The van der Waals surface area contributed by atoms with Crippen molar-refractivity contribution in [2.24, 2.45) is 0 Å². The molecule has 3 rings (SSSR count). The smallest absolute Gasteiger partial charge is 0.234 e. The third kappa shape index (κ3) is 4.44. The fraction of sp³-hybridized carbons (Fsp3) is 0.273. The number of hydrogen-bond donors (Lipinski definition) is 1. The maximum Gasteiger partial charge on any atom is 0.234 e. The lowest BCUT2D eigenvalue weighted by Crippen LogP contribution is -2.14. The number of anilines is 1. The van der Waals surface area contributed by atoms with Crippen LogP contribution < -0.4 is 5.32 Å². The molecule has 0 saturated heterocycles. The second-order valence-electron chi connectivity index (χ2n) is 6.56. The Morgan fingerprint density at radius 3 is 2.62 bits per heavy atom. The fourth-order valence-electron chi connectivity index (χ4n) is 2.86. The number of carbonyl (C=O) groups is 1. The van der Waals surface area contributed by atoms with Gasteiger partial charge < -0.3 is 5.32 Å². The molecular formula is C22H24N2OS. The molecule has 0 bridgehead atoms. The van der Waals surface area contributed by atoms with Crippen LogP contribution in [-0.2, 0) is 4.79 Å². The number of benzene rings is 2. The highest BCUT2D eigenvalue weighted by atomic mass is 32.2. The van der Waals surface area contributed by atoms with Crippen LogP contribution >= 0.6 is 11.8 Å². The molecule has 1 atom stereocenters. The van der Waals surface area contributed by atoms with Crippen LogP contribution in [0.1, 0.15) is 37.3 Å². The van der Waals surface area contributed by atoms with E-state index in [1.807, 2.05) is 36.4 Å². The van der Waals surface area contributed by atoms with Gasteiger partial charge in [-0.3, -0.25) is 4.79 Å². The van der Waals surface area contributed by atoms with E-state index in [1.165, 1.54) is 22.9 Å². The molecule has 1 unspecified atom stereocenters. The number of hydrogen-bond acceptors (Lipinski definition) is 3. The van der Waals surface area contributed by atoms with E-state index in [1.54, 1.807) is 0 Å². The van der Waals surface area contributed by atoms with Gasteiger partial charge in [0.15, 0.2) is 0 Å². The highest BCUT2D eigenvalue weighted by Crippen LogP contribution is 2.24. The molecule has 1 aromatic heterocycles. The lowest BCUT2D eigenvalue weighted by atomic mass is 9.99. The highest BCUT2D eigenvalue weighted by Gasteiger charge is 2.08. The van der Waals surface area contributed by atoms with Crippen molar-refractivity contribution < 1.29 is 4.79 Å². The minimum atomic E-state index is -0.0149. The van der Waals surface area contributed by atoms with Crippen molar-refractivity contribution >= 4 is 34.3 Å². The zero-order valence-electron chi connectivity index (χ0n) is 15.5. The summed E-state index contributed by atoms with van der Waals surface area (Å²) >= 11 is 1.47. The number of thioether (sulfide) groups is 1. The Morgan fingerprint density at radius 2 is 1.88 bits per heavy atom. The molecule has 3 aromatic rings. The first-order valence-corrected chi connectivity index (χ1v) is 9.94. The van der Waals surface area contributed by atoms with Gasteiger partial charge in [0.05, 0.1) is 16.3 Å². The van der Waals surface area contributed by atoms with Crippen molar-refractivity contribution in [3.05, 3.63) is 65.7 Å². The predicted molar refractivity (Wildman–Crippen MR) is 111 cm³/mol. The molecule has 1 heterocycles. The molecule has 0 aliphatic heterocycles. The summed E-state index contributed by atoms with van der Waals surface area (Å²) < 4.78 is 0. The van der Waals surface area contributed by atoms with Crippen molar-refractivity contribution in [3.63, 3.8) is 0 Å². The normalized spacial score (nSPS) is 12.1. The number of aromatic nitrogens is 1. The Morgan fingerprint density at radius 1 is 1.15 bits per heavy atom. The maximum absolute atomic E-state index is 12.2. The average molecular weight is 365 g/mol. The van der Waals surface area contributed by atoms with E-state index in [9.17, 15) is 4.79 Å². The van der Waals surface area contributed by atoms with Crippen LogP contribution in [0.2, 0.25) is 0 Å². The second-order valence-corrected chi connectivity index (χ2v) is 7.56. The zero-order valence-corrected chi connectivity index (χ0v) is 16.3. The topological polar surface area (TPSA) is 42.0 Å². The maximum atomic E-state index is 12.2. The first-order valence-electron chi connectivity index (χ1n) is 8.96. The van der Waals surface area contributed by atoms with E-state index < -0.39 is 0 Å². The first kappa shape index (κ1) is 18.5. The monoisotopic (exact) mass is 364 g/mol. The Kier molecular flexibility index (Phi) is 5.94. The molecule has 4 heteroatoms. The van der Waals surface area contributed by atoms with Crippen LogP contribution in [0.15, 0.2) is 59.6 Å². The molecule has 1 N–H and O–H groups in total. The molecule has 2 aromatic carbocycles. The summed E-state index contributed by atoms with van der Waals surface area (Å²) in [5.74, 6) is 0.870. The van der Waals surface area contributed by atoms with Crippen LogP contribution in [0.4, 0.5) is 5.69 Å². The van der Waals surface area contributed by atoms with Crippen molar-refractivity contribution in [2.45, 2.75) is 38.1 Å². The van der Waals surface area contributed by atoms with Crippen LogP contribution in [0, 0.1) is 6.92 Å². The Bertz CT molecular complexity index is 906. The first-order chi connectivity index (χ1) is 12.6. The number of para-hydroxylation sites is 1. The molecule has 0 radical (unpaired) electrons. The van der Waals surface area contributed by atoms with Crippen molar-refractivity contribution in [1.29, 1.82) is 0 Å². The predicted octanol–water partition coefficient (Wildman–Crippen LogP) is 5.79. The quantitative estimate of drug-likeness (QED) is 0.563. The van der Waals surface area contributed by atoms with E-state index in [0.717, 1.165) is 28.0 Å². The third-order valence-corrected chi connectivity index (χ3v) is 5.54. The molecule has 26 heavy (non-hydrogen) atoms. The third-order valence-electron chi connectivity index (χ3n) is 4.63. The summed E-state index contributed by atoms with van der Waals surface area (Å²) in [6, 6.07) is 18.2. The Hall–Kier alpha value is -2.33. The van der Waals surface area contributed by atoms with Gasteiger partial charge in [-0.1, -0.05) is 55.9 Å². The van der Waals surface area contributed by atoms with Gasteiger partial charge >= 0.3 is 0 Å². The molecule has 0 aliphatic rings. The van der Waals surface area contributed by atoms with Crippen LogP contribution in [0.5, 0.6) is 0 Å². The summed E-state index contributed by atoms with van der Waals surface area (Å²) in [6.07, 6.45) is 1.11. The number of nitrogens with one attached hydrogen (secondary N) is 1. The average Bonchev–Trinajstić information content (AvgIpc) is 2.66. The summed E-state index contributed by atoms with van der Waals surface area (Å²) in [7, 11) is 0. The van der Waals surface area contributed by atoms with Gasteiger partial charge in [-0.15, -0.1) is 0 Å². The van der Waals surface area contributed by atoms with Gasteiger partial charge in [-0.05, 0) is 54.7 Å². The van der Waals surface area contributed by atoms with Crippen LogP contribution in [0.25, 0.3) is 10.9 Å². The summed E-state index contributed by atoms with van der Waals surface area (Å²) in [6.45, 7) is 6.47. The van der Waals surface area contributed by atoms with Crippen molar-refractivity contribution in [2.75, 3.05) is 11.1 Å². The van der Waals surface area contributed by atoms with E-state index in [2.05, 4.69) is 49.3 Å². The molecular weight excluding hydrogens is 340 g/mol. The van der Waals surface area contributed by atoms with Crippen molar-refractivity contribution in [1.82, 2.24) is 4.98 Å². The standard InChI is InChI=1S/C22H24N2OS/c1-4-15(2)17-9-11-18(12-10-17)23-21(25)14-26-22-13-16(3)19-7-5-6-8-20(19)24-22/h5-13,15H,4,14H2,1-3H3,(H,23,25). The van der Waals surface area contributed by atoms with Crippen LogP contribution in [-0.4, -0.2) is 16.6 Å². The minimum Gasteiger partial charge on any atom is -0.325 e. The van der Waals surface area contributed by atoms with E-state index in [-0.39, 0.29) is 5.91 Å². The number of rotatable bonds is 6. The van der Waals surface area contributed by atoms with Gasteiger partial charge in [-0.25, -0.2) is 4.98 Å². The van der Waals surface area contributed by atoms with Gasteiger partial charge in [-0.2, -0.15) is 0 Å². The van der Waals surface area contributed by atoms with Gasteiger partial charge in [0.1, 0.15) is 0 Å². The van der Waals surface area contributed by atoms with Crippen LogP contribution in [0.3, 0.4) is 0 Å². The lowest BCUT2D eigenvalue weighted by Gasteiger charge is -2.10. The van der Waals surface area contributed by atoms with E-state index in [0.29, 0.717) is 11.7 Å². The molecule has 3 nitrogen and oxygen atoms in total. The second kappa shape index (κ2) is 8.37. The highest BCUT2D eigenvalue weighted by molar-refractivity contribution is 7.99. The minimum absolute atomic E-state index is 0.0149. The van der Waals surface area contributed by atoms with Gasteiger partial charge in [0, 0.05) is 11.1 Å². The number of carbonyl (C=O) groups excluding carboxylic acids is 1. The summed E-state index contributed by atoms with van der Waals surface area (Å²) in [5.41, 5.74) is 4.29. The molecule has 0 aliphatic carbocycles. The number of nitrogens with zero attached hydrogens (tertiary/aromatic N) is 1. The van der Waals surface area contributed by atoms with E-state index >= 15 is 0 Å². The fourth-order valence-corrected chi connectivity index (χ4v) is 3.63. The Labute approximate surface area is 159 Å². The number of fused-ring (bicyclic) bond motifs is 1. The number of amides is 1. The molecule has 1 amide bonds. The zero-order chi connectivity index (χ0) is 18.5. The molecule has 134 valence electrons. The van der Waals surface area contributed by atoms with Gasteiger partial charge in [0.2, 0.25) is 5.91 Å². The number of aryl methyl sites for hydroxylation is 1. The van der Waals surface area contributed by atoms with Gasteiger partial charge in [0.25, 0.3) is 0 Å². The summed E-state index contributed by atoms with van der Waals surface area (Å²) in [5, 5.41) is 4.99. The molecule has 0 fully saturated rings. The summed E-state index contributed by atoms with van der Waals surface area (Å²) in [4.78, 5) is 16.9. The largest absolute Gasteiger partial charge is 0.325 e. The lowest BCUT2D eigenvalue weighted by molar-refractivity contribution is -0.113. The molecule has 0 saturated carbocycles. The SMILES string of the molecule is CCC(C)c1ccc(NC(=O)CSc2cc(C)c3ccccc3n2)cc1. The van der Waals surface area contributed by atoms with Crippen molar-refractivity contribution in [3.8, 4) is 0 Å². The van der Waals surface area contributed by atoms with E-state index in [4.69, 9.17) is 0 Å². The Balaban J connectivity index is 1.60.